The highest BCUT2D eigenvalue weighted by Crippen LogP contribution is 2.46. The minimum atomic E-state index is -2.74. The van der Waals surface area contributed by atoms with Crippen LogP contribution in [0.2, 0.25) is 0 Å². The first kappa shape index (κ1) is 48.9. The number of hydrogen-bond acceptors (Lipinski definition) is 14. The number of rotatable bonds is 15. The molecule has 5 N–H and O–H groups in total. The summed E-state index contributed by atoms with van der Waals surface area (Å²) in [4.78, 5) is 71.4. The van der Waals surface area contributed by atoms with Gasteiger partial charge in [-0.3, -0.25) is 34.4 Å². The number of piperidine rings is 2. The first-order chi connectivity index (χ1) is 33.4. The van der Waals surface area contributed by atoms with Gasteiger partial charge in [0.05, 0.1) is 39.8 Å². The SMILES string of the molecule is CCc1cc(Nc2ncc(Br)c(Nc3ccc4nc(C)ccc4c3P(C)(C)=O)n2)c(OC)cc1N1CCC(NCCNC(=O)C2CN(c3ccc4c(c3)C(C)(C)C(=O)N4C3CCC(=O)NC3=O)C2)CC1. The summed E-state index contributed by atoms with van der Waals surface area (Å²) in [5, 5.41) is 17.5. The summed E-state index contributed by atoms with van der Waals surface area (Å²) in [6.45, 7) is 15.4. The van der Waals surface area contributed by atoms with Crippen LogP contribution in [0.5, 0.6) is 5.75 Å². The van der Waals surface area contributed by atoms with Crippen molar-refractivity contribution in [3.63, 3.8) is 0 Å². The quantitative estimate of drug-likeness (QED) is 0.0424. The summed E-state index contributed by atoms with van der Waals surface area (Å²) in [6, 6.07) is 17.4. The van der Waals surface area contributed by atoms with E-state index in [1.807, 2.05) is 63.2 Å². The van der Waals surface area contributed by atoms with Crippen molar-refractivity contribution in [1.29, 1.82) is 0 Å². The predicted molar refractivity (Wildman–Crippen MR) is 279 cm³/mol. The molecule has 5 aromatic rings. The van der Waals surface area contributed by atoms with Crippen LogP contribution in [0.4, 0.5) is 40.2 Å². The van der Waals surface area contributed by atoms with Crippen LogP contribution in [-0.4, -0.2) is 110 Å². The van der Waals surface area contributed by atoms with Crippen LogP contribution in [0.1, 0.15) is 63.3 Å². The maximum atomic E-state index is 13.7. The van der Waals surface area contributed by atoms with Crippen molar-refractivity contribution in [2.24, 2.45) is 5.92 Å². The van der Waals surface area contributed by atoms with Gasteiger partial charge in [0, 0.05) is 97.4 Å². The number of aryl methyl sites for hydroxylation is 2. The fraction of sp³-hybridized carbons (Fsp3) is 0.431. The van der Waals surface area contributed by atoms with Crippen LogP contribution in [0.15, 0.2) is 65.3 Å². The van der Waals surface area contributed by atoms with Crippen molar-refractivity contribution in [1.82, 2.24) is 30.9 Å². The first-order valence-corrected chi connectivity index (χ1v) is 27.4. The molecule has 0 saturated carbocycles. The number of anilines is 7. The molecule has 17 nitrogen and oxygen atoms in total. The molecular weight excluding hydrogens is 974 g/mol. The average molecular weight is 1030 g/mol. The molecule has 0 spiro atoms. The number of carbonyl (C=O) groups excluding carboxylic acids is 4. The zero-order chi connectivity index (χ0) is 49.6. The van der Waals surface area contributed by atoms with E-state index in [4.69, 9.17) is 9.72 Å². The molecule has 6 heterocycles. The largest absolute Gasteiger partial charge is 0.494 e. The highest BCUT2D eigenvalue weighted by molar-refractivity contribution is 9.10. The molecule has 4 aliphatic heterocycles. The fourth-order valence-electron chi connectivity index (χ4n) is 10.2. The lowest BCUT2D eigenvalue weighted by molar-refractivity contribution is -0.136. The zero-order valence-corrected chi connectivity index (χ0v) is 43.2. The van der Waals surface area contributed by atoms with Gasteiger partial charge in [0.1, 0.15) is 24.8 Å². The summed E-state index contributed by atoms with van der Waals surface area (Å²) < 4.78 is 20.2. The van der Waals surface area contributed by atoms with Crippen LogP contribution in [-0.2, 0) is 35.6 Å². The summed E-state index contributed by atoms with van der Waals surface area (Å²) in [5.41, 5.74) is 7.06. The van der Waals surface area contributed by atoms with Crippen LogP contribution in [0.25, 0.3) is 10.9 Å². The van der Waals surface area contributed by atoms with Crippen molar-refractivity contribution in [3.05, 3.63) is 82.1 Å². The van der Waals surface area contributed by atoms with Crippen LogP contribution in [0.3, 0.4) is 0 Å². The molecule has 4 aliphatic rings. The number of aromatic nitrogens is 3. The highest BCUT2D eigenvalue weighted by Gasteiger charge is 2.49. The number of carbonyl (C=O) groups is 4. The Morgan fingerprint density at radius 2 is 1.70 bits per heavy atom. The summed E-state index contributed by atoms with van der Waals surface area (Å²) >= 11 is 3.61. The Morgan fingerprint density at radius 3 is 2.41 bits per heavy atom. The Balaban J connectivity index is 0.757. The van der Waals surface area contributed by atoms with Crippen molar-refractivity contribution in [2.45, 2.75) is 77.3 Å². The summed E-state index contributed by atoms with van der Waals surface area (Å²) in [5.74, 6) is 0.536. The van der Waals surface area contributed by atoms with Gasteiger partial charge >= 0.3 is 0 Å². The predicted octanol–water partition coefficient (Wildman–Crippen LogP) is 6.64. The number of pyridine rings is 1. The van der Waals surface area contributed by atoms with Gasteiger partial charge in [-0.05, 0) is 129 Å². The van der Waals surface area contributed by atoms with E-state index < -0.39 is 24.5 Å². The first-order valence-electron chi connectivity index (χ1n) is 24.0. The van der Waals surface area contributed by atoms with Crippen molar-refractivity contribution < 1.29 is 28.5 Å². The number of amides is 4. The third-order valence-electron chi connectivity index (χ3n) is 14.0. The van der Waals surface area contributed by atoms with Gasteiger partial charge in [0.15, 0.2) is 0 Å². The van der Waals surface area contributed by atoms with Crippen molar-refractivity contribution in [2.75, 3.05) is 85.0 Å². The molecule has 368 valence electrons. The monoisotopic (exact) mass is 1030 g/mol. The number of halogens is 1. The van der Waals surface area contributed by atoms with E-state index in [0.717, 1.165) is 71.6 Å². The minimum absolute atomic E-state index is 0.0324. The Bertz CT molecular complexity index is 2950. The standard InChI is InChI=1S/C51H61BrN11O6P/c1-8-30-23-39(58-50-55-26-36(52)46(60-50)57-38-13-12-37-34(11-9-29(2)56-37)45(38)70(6,7)68)43(69-5)25-42(30)61-21-17-32(18-22-61)53-19-20-54-47(65)31-27-62(28-31)33-10-14-40-35(24-33)51(3,4)49(67)63(40)41-15-16-44(64)59-48(41)66/h9-14,23-26,31-32,41,53H,8,15-22,27-28H2,1-7H3,(H,54,65)(H,59,64,66)(H2,55,57,58,60). The highest BCUT2D eigenvalue weighted by atomic mass is 79.9. The molecule has 2 aromatic heterocycles. The number of ether oxygens (including phenoxy) is 1. The van der Waals surface area contributed by atoms with E-state index in [1.54, 1.807) is 31.5 Å². The van der Waals surface area contributed by atoms with E-state index in [-0.39, 0.29) is 30.1 Å². The zero-order valence-electron chi connectivity index (χ0n) is 40.7. The Hall–Kier alpha value is -6.10. The maximum absolute atomic E-state index is 13.7. The number of fused-ring (bicyclic) bond motifs is 2. The Kier molecular flexibility index (Phi) is 13.7. The molecule has 1 atom stereocenters. The van der Waals surface area contributed by atoms with Gasteiger partial charge in [-0.15, -0.1) is 0 Å². The Labute approximate surface area is 416 Å². The number of benzene rings is 3. The molecule has 0 aliphatic carbocycles. The maximum Gasteiger partial charge on any atom is 0.249 e. The molecule has 1 unspecified atom stereocenters. The van der Waals surface area contributed by atoms with Gasteiger partial charge in [0.2, 0.25) is 29.6 Å². The van der Waals surface area contributed by atoms with E-state index in [9.17, 15) is 23.7 Å². The van der Waals surface area contributed by atoms with Crippen molar-refractivity contribution >= 4 is 103 Å². The molecule has 0 radical (unpaired) electrons. The lowest BCUT2D eigenvalue weighted by atomic mass is 9.85. The molecular formula is C51H61BrN11O6P. The van der Waals surface area contributed by atoms with Crippen LogP contribution >= 0.6 is 23.1 Å². The third-order valence-corrected chi connectivity index (χ3v) is 16.2. The number of methoxy groups -OCH3 is 1. The smallest absolute Gasteiger partial charge is 0.249 e. The second-order valence-corrected chi connectivity index (χ2v) is 23.6. The third kappa shape index (κ3) is 9.69. The van der Waals surface area contributed by atoms with E-state index in [1.165, 1.54) is 5.56 Å². The van der Waals surface area contributed by atoms with E-state index in [0.29, 0.717) is 77.3 Å². The summed E-state index contributed by atoms with van der Waals surface area (Å²) in [6.07, 6.45) is 4.89. The number of nitrogens with zero attached hydrogens (tertiary/aromatic N) is 6. The molecule has 9 rings (SSSR count). The van der Waals surface area contributed by atoms with Gasteiger partial charge in [0.25, 0.3) is 0 Å². The van der Waals surface area contributed by atoms with Gasteiger partial charge in [-0.25, -0.2) is 4.98 Å². The van der Waals surface area contributed by atoms with Gasteiger partial charge < -0.3 is 40.4 Å². The molecule has 70 heavy (non-hydrogen) atoms. The molecule has 19 heteroatoms. The number of imide groups is 1. The lowest BCUT2D eigenvalue weighted by Crippen LogP contribution is -2.55. The number of nitrogens with one attached hydrogen (secondary N) is 5. The van der Waals surface area contributed by atoms with E-state index in [2.05, 4.69) is 81.3 Å². The average Bonchev–Trinajstić information content (AvgIpc) is 3.50. The van der Waals surface area contributed by atoms with Crippen LogP contribution in [0, 0.1) is 12.8 Å². The number of hydrogen-bond donors (Lipinski definition) is 5. The minimum Gasteiger partial charge on any atom is -0.494 e. The van der Waals surface area contributed by atoms with E-state index >= 15 is 0 Å². The van der Waals surface area contributed by atoms with Crippen LogP contribution < -0.4 is 51.3 Å². The molecule has 3 saturated heterocycles. The molecule has 3 fully saturated rings. The lowest BCUT2D eigenvalue weighted by Gasteiger charge is -2.40. The Morgan fingerprint density at radius 1 is 0.929 bits per heavy atom. The van der Waals surface area contributed by atoms with Gasteiger partial charge in [-0.2, -0.15) is 4.98 Å². The summed E-state index contributed by atoms with van der Waals surface area (Å²) in [7, 11) is -1.08. The second-order valence-electron chi connectivity index (χ2n) is 19.6. The topological polar surface area (TPSA) is 203 Å². The second kappa shape index (κ2) is 19.6. The molecule has 4 amide bonds. The molecule has 3 aromatic carbocycles. The molecule has 0 bridgehead atoms. The van der Waals surface area contributed by atoms with Crippen molar-refractivity contribution in [3.8, 4) is 5.75 Å². The fourth-order valence-corrected chi connectivity index (χ4v) is 11.9. The van der Waals surface area contributed by atoms with Gasteiger partial charge in [-0.1, -0.05) is 13.0 Å². The normalized spacial score (nSPS) is 18.4.